The highest BCUT2D eigenvalue weighted by atomic mass is 35.7. The molecular formula is C14H18ClNO4S. The Morgan fingerprint density at radius 2 is 2.10 bits per heavy atom. The van der Waals surface area contributed by atoms with Crippen LogP contribution in [0.4, 0.5) is 0 Å². The Hall–Kier alpha value is -1.11. The van der Waals surface area contributed by atoms with E-state index in [1.54, 1.807) is 18.9 Å². The summed E-state index contributed by atoms with van der Waals surface area (Å²) in [5, 5.41) is 0. The summed E-state index contributed by atoms with van der Waals surface area (Å²) < 4.78 is 28.1. The molecule has 5 nitrogen and oxygen atoms in total. The molecule has 2 unspecified atom stereocenters. The molecule has 1 aromatic rings. The number of carbonyl (C=O) groups is 1. The monoisotopic (exact) mass is 331 g/mol. The zero-order chi connectivity index (χ0) is 15.8. The molecule has 0 radical (unpaired) electrons. The summed E-state index contributed by atoms with van der Waals surface area (Å²) in [7, 11) is 3.26. The topological polar surface area (TPSA) is 63.7 Å². The van der Waals surface area contributed by atoms with Crippen LogP contribution in [-0.4, -0.2) is 45.0 Å². The predicted molar refractivity (Wildman–Crippen MR) is 80.1 cm³/mol. The lowest BCUT2D eigenvalue weighted by Crippen LogP contribution is -2.41. The van der Waals surface area contributed by atoms with Gasteiger partial charge in [-0.2, -0.15) is 0 Å². The van der Waals surface area contributed by atoms with Crippen LogP contribution in [0.1, 0.15) is 29.3 Å². The molecule has 7 heteroatoms. The van der Waals surface area contributed by atoms with Crippen LogP contribution in [0.3, 0.4) is 0 Å². The number of hydrogen-bond acceptors (Lipinski definition) is 4. The molecule has 1 heterocycles. The minimum Gasteiger partial charge on any atom is -0.376 e. The molecule has 1 aliphatic heterocycles. The van der Waals surface area contributed by atoms with Crippen molar-refractivity contribution in [2.24, 2.45) is 0 Å². The second-order valence-electron chi connectivity index (χ2n) is 5.26. The van der Waals surface area contributed by atoms with Crippen molar-refractivity contribution in [1.82, 2.24) is 4.90 Å². The molecule has 0 aromatic heterocycles. The zero-order valence-corrected chi connectivity index (χ0v) is 13.7. The van der Waals surface area contributed by atoms with Crippen molar-refractivity contribution in [3.05, 3.63) is 29.3 Å². The minimum absolute atomic E-state index is 0.00145. The Bertz CT molecular complexity index is 659. The van der Waals surface area contributed by atoms with Crippen LogP contribution >= 0.6 is 10.7 Å². The summed E-state index contributed by atoms with van der Waals surface area (Å²) in [6.07, 6.45) is 0.804. The Morgan fingerprint density at radius 3 is 2.57 bits per heavy atom. The average molecular weight is 332 g/mol. The first-order valence-corrected chi connectivity index (χ1v) is 8.97. The summed E-state index contributed by atoms with van der Waals surface area (Å²) >= 11 is 0. The van der Waals surface area contributed by atoms with E-state index in [-0.39, 0.29) is 22.9 Å². The van der Waals surface area contributed by atoms with E-state index in [4.69, 9.17) is 15.4 Å². The molecule has 0 spiro atoms. The fourth-order valence-corrected chi connectivity index (χ4v) is 3.43. The SMILES string of the molecule is Cc1cc(S(=O)(=O)Cl)ccc1C(=O)N(C)C1CCOC1C. The first-order valence-electron chi connectivity index (χ1n) is 6.66. The van der Waals surface area contributed by atoms with Crippen molar-refractivity contribution in [3.63, 3.8) is 0 Å². The van der Waals surface area contributed by atoms with Crippen molar-refractivity contribution in [2.75, 3.05) is 13.7 Å². The highest BCUT2D eigenvalue weighted by Gasteiger charge is 2.31. The molecule has 0 bridgehead atoms. The molecule has 1 aromatic carbocycles. The van der Waals surface area contributed by atoms with Gasteiger partial charge < -0.3 is 9.64 Å². The fraction of sp³-hybridized carbons (Fsp3) is 0.500. The zero-order valence-electron chi connectivity index (χ0n) is 12.2. The van der Waals surface area contributed by atoms with Gasteiger partial charge in [-0.3, -0.25) is 4.79 Å². The first-order chi connectivity index (χ1) is 9.71. The number of hydrogen-bond donors (Lipinski definition) is 0. The summed E-state index contributed by atoms with van der Waals surface area (Å²) in [5.41, 5.74) is 1.06. The van der Waals surface area contributed by atoms with Gasteiger partial charge in [0.25, 0.3) is 15.0 Å². The molecule has 2 rings (SSSR count). The number of benzene rings is 1. The van der Waals surface area contributed by atoms with Gasteiger partial charge in [0.05, 0.1) is 17.0 Å². The molecule has 1 aliphatic rings. The smallest absolute Gasteiger partial charge is 0.261 e. The van der Waals surface area contributed by atoms with Crippen LogP contribution in [0, 0.1) is 6.92 Å². The van der Waals surface area contributed by atoms with E-state index in [0.717, 1.165) is 6.42 Å². The van der Waals surface area contributed by atoms with E-state index < -0.39 is 9.05 Å². The third kappa shape index (κ3) is 3.39. The van der Waals surface area contributed by atoms with Gasteiger partial charge in [0.15, 0.2) is 0 Å². The van der Waals surface area contributed by atoms with Crippen molar-refractivity contribution in [3.8, 4) is 0 Å². The normalized spacial score (nSPS) is 22.3. The van der Waals surface area contributed by atoms with Crippen LogP contribution in [0.2, 0.25) is 0 Å². The molecule has 116 valence electrons. The Kier molecular flexibility index (Phi) is 4.60. The maximum atomic E-state index is 12.5. The lowest BCUT2D eigenvalue weighted by atomic mass is 10.1. The maximum absolute atomic E-state index is 12.5. The van der Waals surface area contributed by atoms with Crippen LogP contribution in [-0.2, 0) is 13.8 Å². The fourth-order valence-electron chi connectivity index (χ4n) is 2.60. The van der Waals surface area contributed by atoms with Gasteiger partial charge >= 0.3 is 0 Å². The lowest BCUT2D eigenvalue weighted by molar-refractivity contribution is 0.0574. The molecule has 1 saturated heterocycles. The number of amides is 1. The van der Waals surface area contributed by atoms with Gasteiger partial charge in [-0.25, -0.2) is 8.42 Å². The van der Waals surface area contributed by atoms with E-state index >= 15 is 0 Å². The largest absolute Gasteiger partial charge is 0.376 e. The van der Waals surface area contributed by atoms with Gasteiger partial charge in [0.1, 0.15) is 0 Å². The number of likely N-dealkylation sites (N-methyl/N-ethyl adjacent to an activating group) is 1. The standard InChI is InChI=1S/C14H18ClNO4S/c1-9-8-11(21(15,18)19)4-5-12(9)14(17)16(3)13-6-7-20-10(13)2/h4-5,8,10,13H,6-7H2,1-3H3. The third-order valence-corrected chi connectivity index (χ3v) is 5.22. The second kappa shape index (κ2) is 5.94. The maximum Gasteiger partial charge on any atom is 0.261 e. The van der Waals surface area contributed by atoms with E-state index in [1.807, 2.05) is 6.92 Å². The van der Waals surface area contributed by atoms with Crippen molar-refractivity contribution in [1.29, 1.82) is 0 Å². The number of aryl methyl sites for hydroxylation is 1. The van der Waals surface area contributed by atoms with Gasteiger partial charge in [0, 0.05) is 29.9 Å². The number of nitrogens with zero attached hydrogens (tertiary/aromatic N) is 1. The quantitative estimate of drug-likeness (QED) is 0.796. The Labute approximate surface area is 129 Å². The van der Waals surface area contributed by atoms with Crippen molar-refractivity contribution >= 4 is 25.6 Å². The van der Waals surface area contributed by atoms with E-state index in [9.17, 15) is 13.2 Å². The average Bonchev–Trinajstić information content (AvgIpc) is 2.82. The molecule has 2 atom stereocenters. The van der Waals surface area contributed by atoms with Crippen LogP contribution in [0.15, 0.2) is 23.1 Å². The summed E-state index contributed by atoms with van der Waals surface area (Å²) in [5.74, 6) is -0.145. The molecule has 21 heavy (non-hydrogen) atoms. The number of rotatable bonds is 3. The number of halogens is 1. The second-order valence-corrected chi connectivity index (χ2v) is 7.83. The van der Waals surface area contributed by atoms with Crippen LogP contribution in [0.5, 0.6) is 0 Å². The third-order valence-electron chi connectivity index (χ3n) is 3.86. The molecule has 0 saturated carbocycles. The molecule has 0 aliphatic carbocycles. The molecule has 1 fully saturated rings. The lowest BCUT2D eigenvalue weighted by Gasteiger charge is -2.27. The van der Waals surface area contributed by atoms with Crippen LogP contribution < -0.4 is 0 Å². The predicted octanol–water partition coefficient (Wildman–Crippen LogP) is 2.17. The van der Waals surface area contributed by atoms with Crippen molar-refractivity contribution in [2.45, 2.75) is 37.3 Å². The van der Waals surface area contributed by atoms with Gasteiger partial charge in [-0.1, -0.05) is 0 Å². The summed E-state index contributed by atoms with van der Waals surface area (Å²) in [6.45, 7) is 4.28. The molecule has 0 N–H and O–H groups in total. The number of carbonyl (C=O) groups excluding carboxylic acids is 1. The van der Waals surface area contributed by atoms with E-state index in [2.05, 4.69) is 0 Å². The molecule has 1 amide bonds. The first kappa shape index (κ1) is 16.3. The van der Waals surface area contributed by atoms with Gasteiger partial charge in [-0.15, -0.1) is 0 Å². The van der Waals surface area contributed by atoms with E-state index in [0.29, 0.717) is 17.7 Å². The van der Waals surface area contributed by atoms with Gasteiger partial charge in [0.2, 0.25) is 0 Å². The highest BCUT2D eigenvalue weighted by Crippen LogP contribution is 2.23. The summed E-state index contributed by atoms with van der Waals surface area (Å²) in [6, 6.07) is 4.31. The Balaban J connectivity index is 2.27. The number of ether oxygens (including phenoxy) is 1. The minimum atomic E-state index is -3.79. The Morgan fingerprint density at radius 1 is 1.43 bits per heavy atom. The van der Waals surface area contributed by atoms with Crippen LogP contribution in [0.25, 0.3) is 0 Å². The highest BCUT2D eigenvalue weighted by molar-refractivity contribution is 8.13. The van der Waals surface area contributed by atoms with Gasteiger partial charge in [-0.05, 0) is 44.0 Å². The molecular weight excluding hydrogens is 314 g/mol. The van der Waals surface area contributed by atoms with E-state index in [1.165, 1.54) is 18.2 Å². The summed E-state index contributed by atoms with van der Waals surface area (Å²) in [4.78, 5) is 14.2. The van der Waals surface area contributed by atoms with Crippen molar-refractivity contribution < 1.29 is 17.9 Å².